The van der Waals surface area contributed by atoms with Gasteiger partial charge in [-0.2, -0.15) is 13.2 Å². The first-order valence-electron chi connectivity index (χ1n) is 7.85. The van der Waals surface area contributed by atoms with Gasteiger partial charge >= 0.3 is 6.18 Å². The number of pyridine rings is 1. The summed E-state index contributed by atoms with van der Waals surface area (Å²) in [6.45, 7) is 2.78. The van der Waals surface area contributed by atoms with Gasteiger partial charge in [0.2, 0.25) is 5.91 Å². The summed E-state index contributed by atoms with van der Waals surface area (Å²) in [5, 5.41) is 3.08. The molecule has 2 aromatic heterocycles. The van der Waals surface area contributed by atoms with E-state index in [-0.39, 0.29) is 11.8 Å². The Morgan fingerprint density at radius 2 is 2.20 bits per heavy atom. The number of nitrogens with zero attached hydrogens (tertiary/aromatic N) is 3. The lowest BCUT2D eigenvalue weighted by molar-refractivity contribution is -0.134. The third kappa shape index (κ3) is 4.28. The zero-order valence-electron chi connectivity index (χ0n) is 13.5. The average Bonchev–Trinajstić information content (AvgIpc) is 3.05. The first-order valence-corrected chi connectivity index (χ1v) is 8.67. The molecule has 25 heavy (non-hydrogen) atoms. The quantitative estimate of drug-likeness (QED) is 0.895. The molecule has 5 nitrogen and oxygen atoms in total. The van der Waals surface area contributed by atoms with Crippen LogP contribution in [0, 0.1) is 12.8 Å². The topological polar surface area (TPSA) is 58.1 Å². The van der Waals surface area contributed by atoms with Crippen molar-refractivity contribution in [2.75, 3.05) is 23.3 Å². The second-order valence-electron chi connectivity index (χ2n) is 5.94. The maximum Gasteiger partial charge on any atom is 0.427 e. The van der Waals surface area contributed by atoms with Gasteiger partial charge in [-0.25, -0.2) is 9.97 Å². The highest BCUT2D eigenvalue weighted by Crippen LogP contribution is 2.37. The van der Waals surface area contributed by atoms with E-state index in [0.717, 1.165) is 18.3 Å². The fourth-order valence-corrected chi connectivity index (χ4v) is 3.57. The molecule has 1 atom stereocenters. The first kappa shape index (κ1) is 17.7. The van der Waals surface area contributed by atoms with Gasteiger partial charge < -0.3 is 10.2 Å². The molecule has 1 aliphatic heterocycles. The lowest BCUT2D eigenvalue weighted by Crippen LogP contribution is -2.40. The van der Waals surface area contributed by atoms with Crippen LogP contribution in [0.25, 0.3) is 0 Å². The third-order valence-electron chi connectivity index (χ3n) is 3.98. The standard InChI is InChI=1S/C16H17F3N4OS/c1-10-4-2-6-13(21-10)22-14(24)11-5-3-7-23(9-11)15-20-8-12(25-15)16(17,18)19/h2,4,6,8,11H,3,5,7,9H2,1H3,(H,21,22,24). The van der Waals surface area contributed by atoms with Crippen LogP contribution in [0.4, 0.5) is 24.1 Å². The number of hydrogen-bond acceptors (Lipinski definition) is 5. The Hall–Kier alpha value is -2.16. The zero-order valence-corrected chi connectivity index (χ0v) is 14.3. The van der Waals surface area contributed by atoms with Crippen LogP contribution in [0.5, 0.6) is 0 Å². The van der Waals surface area contributed by atoms with Gasteiger partial charge in [-0.3, -0.25) is 4.79 Å². The van der Waals surface area contributed by atoms with Crippen LogP contribution in [0.2, 0.25) is 0 Å². The summed E-state index contributed by atoms with van der Waals surface area (Å²) in [6, 6.07) is 5.35. The summed E-state index contributed by atoms with van der Waals surface area (Å²) in [7, 11) is 0. The van der Waals surface area contributed by atoms with Gasteiger partial charge in [0.1, 0.15) is 10.7 Å². The van der Waals surface area contributed by atoms with Crippen LogP contribution in [-0.2, 0) is 11.0 Å². The maximum atomic E-state index is 12.7. The highest BCUT2D eigenvalue weighted by atomic mass is 32.1. The van der Waals surface area contributed by atoms with Crippen molar-refractivity contribution in [3.8, 4) is 0 Å². The molecule has 9 heteroatoms. The number of piperidine rings is 1. The lowest BCUT2D eigenvalue weighted by Gasteiger charge is -2.31. The molecule has 1 amide bonds. The molecule has 3 heterocycles. The van der Waals surface area contributed by atoms with Crippen LogP contribution in [0.3, 0.4) is 0 Å². The number of aromatic nitrogens is 2. The van der Waals surface area contributed by atoms with E-state index >= 15 is 0 Å². The van der Waals surface area contributed by atoms with E-state index in [0.29, 0.717) is 41.8 Å². The monoisotopic (exact) mass is 370 g/mol. The molecule has 3 rings (SSSR count). The van der Waals surface area contributed by atoms with Crippen molar-refractivity contribution in [3.05, 3.63) is 35.0 Å². The Kier molecular flexibility index (Phi) is 4.94. The number of thiazole rings is 1. The van der Waals surface area contributed by atoms with Gasteiger partial charge in [-0.05, 0) is 31.9 Å². The summed E-state index contributed by atoms with van der Waals surface area (Å²) in [6.07, 6.45) is -2.13. The third-order valence-corrected chi connectivity index (χ3v) is 5.08. The molecular weight excluding hydrogens is 353 g/mol. The predicted molar refractivity (Wildman–Crippen MR) is 89.7 cm³/mol. The Bertz CT molecular complexity index is 762. The number of carbonyl (C=O) groups excluding carboxylic acids is 1. The van der Waals surface area contributed by atoms with E-state index < -0.39 is 11.1 Å². The summed E-state index contributed by atoms with van der Waals surface area (Å²) >= 11 is 0.612. The Morgan fingerprint density at radius 1 is 1.40 bits per heavy atom. The molecule has 0 radical (unpaired) electrons. The number of carbonyl (C=O) groups is 1. The van der Waals surface area contributed by atoms with Crippen molar-refractivity contribution >= 4 is 28.2 Å². The number of anilines is 2. The fourth-order valence-electron chi connectivity index (χ4n) is 2.75. The molecule has 1 N–H and O–H groups in total. The van der Waals surface area contributed by atoms with Gasteiger partial charge in [-0.15, -0.1) is 0 Å². The van der Waals surface area contributed by atoms with Crippen LogP contribution in [0.1, 0.15) is 23.4 Å². The lowest BCUT2D eigenvalue weighted by atomic mass is 9.97. The van der Waals surface area contributed by atoms with Crippen LogP contribution in [0.15, 0.2) is 24.4 Å². The molecule has 0 spiro atoms. The summed E-state index contributed by atoms with van der Waals surface area (Å²) in [5.41, 5.74) is 0.797. The number of halogens is 3. The summed E-state index contributed by atoms with van der Waals surface area (Å²) < 4.78 is 38.2. The first-order chi connectivity index (χ1) is 11.8. The van der Waals surface area contributed by atoms with Gasteiger partial charge in [-0.1, -0.05) is 17.4 Å². The average molecular weight is 370 g/mol. The van der Waals surface area contributed by atoms with Crippen LogP contribution in [-0.4, -0.2) is 29.0 Å². The van der Waals surface area contributed by atoms with Crippen LogP contribution >= 0.6 is 11.3 Å². The highest BCUT2D eigenvalue weighted by Gasteiger charge is 2.35. The van der Waals surface area contributed by atoms with E-state index in [4.69, 9.17) is 0 Å². The molecular formula is C16H17F3N4OS. The highest BCUT2D eigenvalue weighted by molar-refractivity contribution is 7.15. The van der Waals surface area contributed by atoms with E-state index in [1.165, 1.54) is 0 Å². The van der Waals surface area contributed by atoms with Gasteiger partial charge in [0.05, 0.1) is 12.1 Å². The van der Waals surface area contributed by atoms with Crippen molar-refractivity contribution in [1.82, 2.24) is 9.97 Å². The van der Waals surface area contributed by atoms with Crippen LogP contribution < -0.4 is 10.2 Å². The molecule has 0 aliphatic carbocycles. The van der Waals surface area contributed by atoms with Gasteiger partial charge in [0.15, 0.2) is 5.13 Å². The van der Waals surface area contributed by atoms with Crippen molar-refractivity contribution in [2.45, 2.75) is 25.9 Å². The van der Waals surface area contributed by atoms with Crippen molar-refractivity contribution in [1.29, 1.82) is 0 Å². The van der Waals surface area contributed by atoms with Crippen molar-refractivity contribution in [3.63, 3.8) is 0 Å². The fraction of sp³-hybridized carbons (Fsp3) is 0.438. The van der Waals surface area contributed by atoms with Gasteiger partial charge in [0, 0.05) is 18.8 Å². The Balaban J connectivity index is 1.66. The van der Waals surface area contributed by atoms with E-state index in [1.54, 1.807) is 17.0 Å². The van der Waals surface area contributed by atoms with E-state index in [1.807, 2.05) is 13.0 Å². The molecule has 0 saturated carbocycles. The molecule has 2 aromatic rings. The molecule has 1 fully saturated rings. The SMILES string of the molecule is Cc1cccc(NC(=O)C2CCCN(c3ncc(C(F)(F)F)s3)C2)n1. The molecule has 1 aliphatic rings. The number of alkyl halides is 3. The smallest absolute Gasteiger partial charge is 0.347 e. The van der Waals surface area contributed by atoms with Crippen molar-refractivity contribution in [2.24, 2.45) is 5.92 Å². The second kappa shape index (κ2) is 6.99. The maximum absolute atomic E-state index is 12.7. The molecule has 1 unspecified atom stereocenters. The molecule has 0 aromatic carbocycles. The predicted octanol–water partition coefficient (Wildman–Crippen LogP) is 3.72. The van der Waals surface area contributed by atoms with E-state index in [9.17, 15) is 18.0 Å². The number of hydrogen-bond donors (Lipinski definition) is 1. The minimum atomic E-state index is -4.39. The number of amides is 1. The summed E-state index contributed by atoms with van der Waals surface area (Å²) in [4.78, 5) is 21.6. The normalized spacial score (nSPS) is 18.2. The largest absolute Gasteiger partial charge is 0.427 e. The number of aryl methyl sites for hydroxylation is 1. The summed E-state index contributed by atoms with van der Waals surface area (Å²) in [5.74, 6) is 0.000398. The molecule has 1 saturated heterocycles. The number of nitrogens with one attached hydrogen (secondary N) is 1. The van der Waals surface area contributed by atoms with Gasteiger partial charge in [0.25, 0.3) is 0 Å². The Morgan fingerprint density at radius 3 is 2.88 bits per heavy atom. The zero-order chi connectivity index (χ0) is 18.0. The minimum Gasteiger partial charge on any atom is -0.347 e. The minimum absolute atomic E-state index is 0.171. The molecule has 134 valence electrons. The molecule has 0 bridgehead atoms. The van der Waals surface area contributed by atoms with Crippen molar-refractivity contribution < 1.29 is 18.0 Å². The Labute approximate surface area is 146 Å². The van der Waals surface area contributed by atoms with E-state index in [2.05, 4.69) is 15.3 Å². The number of rotatable bonds is 3. The second-order valence-corrected chi connectivity index (χ2v) is 6.95.